The second-order valence-corrected chi connectivity index (χ2v) is 6.79. The Morgan fingerprint density at radius 2 is 1.77 bits per heavy atom. The molecule has 0 amide bonds. The lowest BCUT2D eigenvalue weighted by atomic mass is 9.99. The minimum absolute atomic E-state index is 0.0139. The number of nitrogens with zero attached hydrogens (tertiary/aromatic N) is 2. The van der Waals surface area contributed by atoms with Gasteiger partial charge < -0.3 is 15.2 Å². The number of ether oxygens (including phenoxy) is 1. The minimum atomic E-state index is -4.70. The van der Waals surface area contributed by atoms with Crippen molar-refractivity contribution in [3.63, 3.8) is 0 Å². The molecule has 2 N–H and O–H groups in total. The number of hydrogen-bond acceptors (Lipinski definition) is 6. The van der Waals surface area contributed by atoms with Gasteiger partial charge in [0.15, 0.2) is 11.4 Å². The Labute approximate surface area is 175 Å². The van der Waals surface area contributed by atoms with E-state index in [2.05, 4.69) is 5.32 Å². The molecule has 0 spiro atoms. The van der Waals surface area contributed by atoms with Gasteiger partial charge in [-0.2, -0.15) is 23.7 Å². The van der Waals surface area contributed by atoms with Gasteiger partial charge in [-0.3, -0.25) is 4.79 Å². The fourth-order valence-corrected chi connectivity index (χ4v) is 2.56. The van der Waals surface area contributed by atoms with Crippen molar-refractivity contribution < 1.29 is 32.2 Å². The van der Waals surface area contributed by atoms with Crippen LogP contribution >= 0.6 is 0 Å². The number of hydrogen-bond donors (Lipinski definition) is 2. The average molecular weight is 435 g/mol. The summed E-state index contributed by atoms with van der Waals surface area (Å²) in [5, 5.41) is 30.4. The van der Waals surface area contributed by atoms with E-state index in [0.717, 1.165) is 18.2 Å². The molecule has 2 rings (SSSR count). The number of nitrogens with one attached hydrogen (secondary N) is 1. The molecule has 0 unspecified atom stereocenters. The lowest BCUT2D eigenvalue weighted by Crippen LogP contribution is -2.42. The van der Waals surface area contributed by atoms with Crippen molar-refractivity contribution in [3.8, 4) is 17.9 Å². The lowest BCUT2D eigenvalue weighted by Gasteiger charge is -2.22. The molecule has 1 atom stereocenters. The molecule has 0 bridgehead atoms. The van der Waals surface area contributed by atoms with E-state index in [4.69, 9.17) is 15.3 Å². The number of aliphatic hydroxyl groups is 1. The summed E-state index contributed by atoms with van der Waals surface area (Å²) in [6, 6.07) is 9.64. The van der Waals surface area contributed by atoms with Crippen molar-refractivity contribution in [2.75, 3.05) is 18.5 Å². The molecule has 0 aromatic heterocycles. The Bertz CT molecular complexity index is 1050. The maximum Gasteiger partial charge on any atom is 0.417 e. The second kappa shape index (κ2) is 9.45. The number of carbonyl (C=O) groups excluding carboxylic acids is 1. The molecule has 31 heavy (non-hydrogen) atoms. The Balaban J connectivity index is 1.94. The Morgan fingerprint density at radius 3 is 2.35 bits per heavy atom. The fraction of sp³-hybridized carbons (Fsp3) is 0.286. The molecule has 2 aromatic rings. The van der Waals surface area contributed by atoms with Gasteiger partial charge in [-0.25, -0.2) is 4.39 Å². The monoisotopic (exact) mass is 435 g/mol. The first-order chi connectivity index (χ1) is 14.5. The number of rotatable bonds is 8. The van der Waals surface area contributed by atoms with Gasteiger partial charge in [-0.05, 0) is 37.3 Å². The predicted octanol–water partition coefficient (Wildman–Crippen LogP) is 3.79. The third-order valence-corrected chi connectivity index (χ3v) is 4.31. The summed E-state index contributed by atoms with van der Waals surface area (Å²) < 4.78 is 57.8. The molecule has 2 aromatic carbocycles. The van der Waals surface area contributed by atoms with E-state index in [-0.39, 0.29) is 30.0 Å². The van der Waals surface area contributed by atoms with Gasteiger partial charge in [0, 0.05) is 24.7 Å². The zero-order valence-electron chi connectivity index (χ0n) is 16.3. The highest BCUT2D eigenvalue weighted by Crippen LogP contribution is 2.33. The van der Waals surface area contributed by atoms with E-state index in [1.807, 2.05) is 0 Å². The van der Waals surface area contributed by atoms with Crippen molar-refractivity contribution in [3.05, 3.63) is 58.9 Å². The maximum absolute atomic E-state index is 13.6. The summed E-state index contributed by atoms with van der Waals surface area (Å²) in [4.78, 5) is 12.3. The molecule has 10 heteroatoms. The van der Waals surface area contributed by atoms with Gasteiger partial charge in [-0.1, -0.05) is 0 Å². The van der Waals surface area contributed by atoms with Gasteiger partial charge >= 0.3 is 6.18 Å². The average Bonchev–Trinajstić information content (AvgIpc) is 2.71. The molecule has 0 aliphatic rings. The highest BCUT2D eigenvalue weighted by atomic mass is 19.4. The van der Waals surface area contributed by atoms with Crippen LogP contribution in [0.25, 0.3) is 0 Å². The summed E-state index contributed by atoms with van der Waals surface area (Å²) in [6.07, 6.45) is -4.94. The van der Waals surface area contributed by atoms with Gasteiger partial charge in [0.2, 0.25) is 0 Å². The van der Waals surface area contributed by atoms with Crippen LogP contribution in [0.2, 0.25) is 0 Å². The zero-order valence-corrected chi connectivity index (χ0v) is 16.3. The van der Waals surface area contributed by atoms with Crippen LogP contribution in [0.5, 0.6) is 5.75 Å². The first-order valence-electron chi connectivity index (χ1n) is 8.91. The third kappa shape index (κ3) is 6.17. The largest absolute Gasteiger partial charge is 0.490 e. The topological polar surface area (TPSA) is 106 Å². The van der Waals surface area contributed by atoms with E-state index in [1.165, 1.54) is 31.2 Å². The van der Waals surface area contributed by atoms with Crippen LogP contribution in [0.15, 0.2) is 36.4 Å². The number of nitriles is 2. The van der Waals surface area contributed by atoms with Crippen molar-refractivity contribution >= 4 is 11.5 Å². The van der Waals surface area contributed by atoms with Crippen LogP contribution in [0.1, 0.15) is 30.0 Å². The fourth-order valence-electron chi connectivity index (χ4n) is 2.56. The van der Waals surface area contributed by atoms with Gasteiger partial charge in [0.25, 0.3) is 0 Å². The number of anilines is 1. The normalized spacial score (nSPS) is 12.9. The van der Waals surface area contributed by atoms with Gasteiger partial charge in [-0.15, -0.1) is 0 Å². The first kappa shape index (κ1) is 23.6. The van der Waals surface area contributed by atoms with Crippen LogP contribution in [0.3, 0.4) is 0 Å². The van der Waals surface area contributed by atoms with Crippen LogP contribution in [0, 0.1) is 28.5 Å². The second-order valence-electron chi connectivity index (χ2n) is 6.79. The van der Waals surface area contributed by atoms with E-state index in [0.29, 0.717) is 0 Å². The van der Waals surface area contributed by atoms with Crippen molar-refractivity contribution in [2.45, 2.75) is 25.1 Å². The molecule has 0 saturated carbocycles. The summed E-state index contributed by atoms with van der Waals surface area (Å²) >= 11 is 0. The van der Waals surface area contributed by atoms with Crippen molar-refractivity contribution in [1.29, 1.82) is 10.5 Å². The van der Waals surface area contributed by atoms with E-state index in [9.17, 15) is 27.5 Å². The molecule has 6 nitrogen and oxygen atoms in total. The lowest BCUT2D eigenvalue weighted by molar-refractivity contribution is -0.138. The molecular weight excluding hydrogens is 418 g/mol. The van der Waals surface area contributed by atoms with E-state index in [1.54, 1.807) is 6.07 Å². The third-order valence-electron chi connectivity index (χ3n) is 4.31. The summed E-state index contributed by atoms with van der Waals surface area (Å²) in [5.41, 5.74) is -3.68. The summed E-state index contributed by atoms with van der Waals surface area (Å²) in [5.74, 6) is -1.45. The number of halogens is 4. The highest BCUT2D eigenvalue weighted by molar-refractivity contribution is 5.87. The predicted molar refractivity (Wildman–Crippen MR) is 102 cm³/mol. The molecule has 0 fully saturated rings. The summed E-state index contributed by atoms with van der Waals surface area (Å²) in [6.45, 7) is 0.620. The number of carbonyl (C=O) groups is 1. The molecular formula is C21H17F4N3O3. The smallest absolute Gasteiger partial charge is 0.417 e. The van der Waals surface area contributed by atoms with Crippen LogP contribution < -0.4 is 10.1 Å². The van der Waals surface area contributed by atoms with Crippen molar-refractivity contribution in [2.24, 2.45) is 0 Å². The number of ketones is 1. The standard InChI is InChI=1S/C21H17F4N3O3/c1-20(30,12-31-16-5-3-14(11-27)18(22)9-16)19(29)6-7-28-15-4-2-13(10-26)17(8-15)21(23,24)25/h2-5,8-9,28,30H,6-7,12H2,1H3/t20-/m0/s1. The number of benzene rings is 2. The Kier molecular flexibility index (Phi) is 7.21. The molecule has 0 aliphatic heterocycles. The first-order valence-corrected chi connectivity index (χ1v) is 8.91. The van der Waals surface area contributed by atoms with E-state index >= 15 is 0 Å². The minimum Gasteiger partial charge on any atom is -0.490 e. The van der Waals surface area contributed by atoms with Crippen LogP contribution in [0.4, 0.5) is 23.2 Å². The van der Waals surface area contributed by atoms with Gasteiger partial charge in [0.1, 0.15) is 24.2 Å². The number of Topliss-reactive ketones (excluding diaryl/α,β-unsaturated/α-hetero) is 1. The van der Waals surface area contributed by atoms with Crippen LogP contribution in [-0.4, -0.2) is 29.6 Å². The van der Waals surface area contributed by atoms with Crippen molar-refractivity contribution in [1.82, 2.24) is 0 Å². The van der Waals surface area contributed by atoms with Crippen LogP contribution in [-0.2, 0) is 11.0 Å². The highest BCUT2D eigenvalue weighted by Gasteiger charge is 2.34. The van der Waals surface area contributed by atoms with Gasteiger partial charge in [0.05, 0.1) is 22.8 Å². The van der Waals surface area contributed by atoms with E-state index < -0.39 is 41.1 Å². The Morgan fingerprint density at radius 1 is 1.13 bits per heavy atom. The molecule has 0 heterocycles. The zero-order chi connectivity index (χ0) is 23.2. The SMILES string of the molecule is C[C@](O)(COc1ccc(C#N)c(F)c1)C(=O)CCNc1ccc(C#N)c(C(F)(F)F)c1. The quantitative estimate of drug-likeness (QED) is 0.611. The number of alkyl halides is 3. The molecule has 0 saturated heterocycles. The maximum atomic E-state index is 13.6. The molecule has 0 radical (unpaired) electrons. The summed E-state index contributed by atoms with van der Waals surface area (Å²) in [7, 11) is 0. The molecule has 162 valence electrons. The Hall–Kier alpha value is -3.63. The molecule has 0 aliphatic carbocycles.